The smallest absolute Gasteiger partial charge is 0.344 e. The minimum Gasteiger partial charge on any atom is -0.497 e. The summed E-state index contributed by atoms with van der Waals surface area (Å²) in [4.78, 5) is 34.0. The summed E-state index contributed by atoms with van der Waals surface area (Å²) in [6.45, 7) is 0.994. The second kappa shape index (κ2) is 8.50. The molecule has 0 aliphatic heterocycles. The van der Waals surface area contributed by atoms with Gasteiger partial charge in [0.2, 0.25) is 0 Å². The SMILES string of the molecule is CNC(=O)NC(=O)[C@@H](C)OC(=O)COc1ccc(OC)cc1. The molecule has 0 saturated carbocycles. The molecule has 0 spiro atoms. The maximum Gasteiger partial charge on any atom is 0.344 e. The number of urea groups is 1. The first-order valence-corrected chi connectivity index (χ1v) is 6.45. The van der Waals surface area contributed by atoms with Crippen LogP contribution in [0.15, 0.2) is 24.3 Å². The third kappa shape index (κ3) is 5.70. The lowest BCUT2D eigenvalue weighted by Gasteiger charge is -2.13. The van der Waals surface area contributed by atoms with Gasteiger partial charge in [-0.2, -0.15) is 0 Å². The van der Waals surface area contributed by atoms with Crippen LogP contribution in [0.5, 0.6) is 11.5 Å². The third-order valence-corrected chi connectivity index (χ3v) is 2.56. The summed E-state index contributed by atoms with van der Waals surface area (Å²) >= 11 is 0. The predicted molar refractivity (Wildman–Crippen MR) is 76.6 cm³/mol. The van der Waals surface area contributed by atoms with Crippen LogP contribution in [0.1, 0.15) is 6.92 Å². The van der Waals surface area contributed by atoms with Crippen LogP contribution in [0.4, 0.5) is 4.79 Å². The van der Waals surface area contributed by atoms with Gasteiger partial charge in [0.05, 0.1) is 7.11 Å². The van der Waals surface area contributed by atoms with Crippen LogP contribution in [0.25, 0.3) is 0 Å². The summed E-state index contributed by atoms with van der Waals surface area (Å²) in [6, 6.07) is 5.95. The highest BCUT2D eigenvalue weighted by atomic mass is 16.6. The van der Waals surface area contributed by atoms with Crippen molar-refractivity contribution >= 4 is 17.9 Å². The molecule has 0 aromatic heterocycles. The first-order valence-electron chi connectivity index (χ1n) is 6.45. The Kier molecular flexibility index (Phi) is 6.68. The van der Waals surface area contributed by atoms with E-state index in [1.54, 1.807) is 31.4 Å². The van der Waals surface area contributed by atoms with Gasteiger partial charge < -0.3 is 19.5 Å². The first-order chi connectivity index (χ1) is 10.5. The lowest BCUT2D eigenvalue weighted by molar-refractivity contribution is -0.156. The zero-order valence-corrected chi connectivity index (χ0v) is 12.5. The number of methoxy groups -OCH3 is 1. The van der Waals surface area contributed by atoms with E-state index in [9.17, 15) is 14.4 Å². The van der Waals surface area contributed by atoms with E-state index in [0.717, 1.165) is 0 Å². The molecule has 0 saturated heterocycles. The van der Waals surface area contributed by atoms with E-state index < -0.39 is 24.0 Å². The van der Waals surface area contributed by atoms with Crippen LogP contribution < -0.4 is 20.1 Å². The fraction of sp³-hybridized carbons (Fsp3) is 0.357. The Labute approximate surface area is 127 Å². The van der Waals surface area contributed by atoms with Crippen molar-refractivity contribution in [2.45, 2.75) is 13.0 Å². The predicted octanol–water partition coefficient (Wildman–Crippen LogP) is 0.461. The number of carbonyl (C=O) groups excluding carboxylic acids is 3. The maximum atomic E-state index is 11.6. The van der Waals surface area contributed by atoms with Crippen molar-refractivity contribution in [2.75, 3.05) is 20.8 Å². The van der Waals surface area contributed by atoms with E-state index in [1.165, 1.54) is 14.0 Å². The van der Waals surface area contributed by atoms with Gasteiger partial charge in [-0.1, -0.05) is 0 Å². The van der Waals surface area contributed by atoms with E-state index in [1.807, 2.05) is 5.32 Å². The largest absolute Gasteiger partial charge is 0.497 e. The van der Waals surface area contributed by atoms with Crippen molar-refractivity contribution in [3.05, 3.63) is 24.3 Å². The number of rotatable bonds is 6. The Bertz CT molecular complexity index is 529. The number of amides is 3. The molecule has 2 N–H and O–H groups in total. The Morgan fingerprint density at radius 3 is 2.27 bits per heavy atom. The number of benzene rings is 1. The molecular weight excluding hydrogens is 292 g/mol. The zero-order valence-electron chi connectivity index (χ0n) is 12.5. The molecule has 0 aliphatic carbocycles. The van der Waals surface area contributed by atoms with Crippen molar-refractivity contribution in [3.63, 3.8) is 0 Å². The van der Waals surface area contributed by atoms with E-state index in [-0.39, 0.29) is 6.61 Å². The van der Waals surface area contributed by atoms with Crippen LogP contribution in [-0.2, 0) is 14.3 Å². The minimum absolute atomic E-state index is 0.357. The van der Waals surface area contributed by atoms with Gasteiger partial charge in [0, 0.05) is 7.05 Å². The summed E-state index contributed by atoms with van der Waals surface area (Å²) < 4.78 is 15.0. The van der Waals surface area contributed by atoms with Crippen LogP contribution in [-0.4, -0.2) is 44.8 Å². The molecular formula is C14H18N2O6. The Hall–Kier alpha value is -2.77. The summed E-state index contributed by atoms with van der Waals surface area (Å²) in [6.07, 6.45) is -1.11. The van der Waals surface area contributed by atoms with Crippen molar-refractivity contribution < 1.29 is 28.6 Å². The highest BCUT2D eigenvalue weighted by Crippen LogP contribution is 2.16. The molecule has 1 rings (SSSR count). The molecule has 3 amide bonds. The van der Waals surface area contributed by atoms with Gasteiger partial charge in [-0.05, 0) is 31.2 Å². The molecule has 8 nitrogen and oxygen atoms in total. The van der Waals surface area contributed by atoms with Gasteiger partial charge in [-0.3, -0.25) is 10.1 Å². The molecule has 0 heterocycles. The Morgan fingerprint density at radius 2 is 1.73 bits per heavy atom. The van der Waals surface area contributed by atoms with E-state index >= 15 is 0 Å². The van der Waals surface area contributed by atoms with Crippen molar-refractivity contribution in [1.82, 2.24) is 10.6 Å². The summed E-state index contributed by atoms with van der Waals surface area (Å²) in [5.74, 6) is -0.331. The number of nitrogens with one attached hydrogen (secondary N) is 2. The molecule has 22 heavy (non-hydrogen) atoms. The second-order valence-electron chi connectivity index (χ2n) is 4.16. The van der Waals surface area contributed by atoms with Gasteiger partial charge >= 0.3 is 12.0 Å². The van der Waals surface area contributed by atoms with Crippen LogP contribution in [0.3, 0.4) is 0 Å². The molecule has 1 aromatic carbocycles. The van der Waals surface area contributed by atoms with Gasteiger partial charge in [0.1, 0.15) is 11.5 Å². The molecule has 0 fully saturated rings. The number of hydrogen-bond donors (Lipinski definition) is 2. The topological polar surface area (TPSA) is 103 Å². The van der Waals surface area contributed by atoms with Gasteiger partial charge in [-0.25, -0.2) is 9.59 Å². The second-order valence-corrected chi connectivity index (χ2v) is 4.16. The standard InChI is InChI=1S/C14H18N2O6/c1-9(13(18)16-14(19)15-2)22-12(17)8-21-11-6-4-10(20-3)5-7-11/h4-7,9H,8H2,1-3H3,(H2,15,16,18,19)/t9-/m1/s1. The average molecular weight is 310 g/mol. The zero-order chi connectivity index (χ0) is 16.5. The van der Waals surface area contributed by atoms with Crippen LogP contribution in [0.2, 0.25) is 0 Å². The van der Waals surface area contributed by atoms with Crippen molar-refractivity contribution in [3.8, 4) is 11.5 Å². The van der Waals surface area contributed by atoms with Gasteiger partial charge in [-0.15, -0.1) is 0 Å². The normalized spacial score (nSPS) is 11.0. The number of ether oxygens (including phenoxy) is 3. The van der Waals surface area contributed by atoms with E-state index in [2.05, 4.69) is 5.32 Å². The van der Waals surface area contributed by atoms with Crippen LogP contribution in [0, 0.1) is 0 Å². The van der Waals surface area contributed by atoms with Crippen LogP contribution >= 0.6 is 0 Å². The molecule has 120 valence electrons. The quantitative estimate of drug-likeness (QED) is 0.740. The highest BCUT2D eigenvalue weighted by Gasteiger charge is 2.19. The fourth-order valence-electron chi connectivity index (χ4n) is 1.37. The number of carbonyl (C=O) groups is 3. The Morgan fingerprint density at radius 1 is 1.14 bits per heavy atom. The summed E-state index contributed by atoms with van der Waals surface area (Å²) in [5, 5.41) is 4.21. The number of imide groups is 1. The van der Waals surface area contributed by atoms with E-state index in [0.29, 0.717) is 11.5 Å². The Balaban J connectivity index is 2.38. The summed E-state index contributed by atoms with van der Waals surface area (Å²) in [7, 11) is 2.90. The molecule has 0 unspecified atom stereocenters. The molecule has 0 aliphatic rings. The minimum atomic E-state index is -1.11. The summed E-state index contributed by atoms with van der Waals surface area (Å²) in [5.41, 5.74) is 0. The van der Waals surface area contributed by atoms with Gasteiger partial charge in [0.25, 0.3) is 5.91 Å². The maximum absolute atomic E-state index is 11.6. The molecule has 1 aromatic rings. The molecule has 8 heteroatoms. The van der Waals surface area contributed by atoms with Crippen molar-refractivity contribution in [2.24, 2.45) is 0 Å². The first kappa shape index (κ1) is 17.3. The molecule has 0 bridgehead atoms. The number of hydrogen-bond acceptors (Lipinski definition) is 6. The highest BCUT2D eigenvalue weighted by molar-refractivity contribution is 5.97. The molecule has 0 radical (unpaired) electrons. The lowest BCUT2D eigenvalue weighted by atomic mass is 10.3. The number of esters is 1. The van der Waals surface area contributed by atoms with E-state index in [4.69, 9.17) is 14.2 Å². The molecule has 1 atom stereocenters. The van der Waals surface area contributed by atoms with Gasteiger partial charge in [0.15, 0.2) is 12.7 Å². The average Bonchev–Trinajstić information content (AvgIpc) is 2.53. The fourth-order valence-corrected chi connectivity index (χ4v) is 1.37. The van der Waals surface area contributed by atoms with Crippen molar-refractivity contribution in [1.29, 1.82) is 0 Å². The lowest BCUT2D eigenvalue weighted by Crippen LogP contribution is -2.43. The monoisotopic (exact) mass is 310 g/mol. The third-order valence-electron chi connectivity index (χ3n) is 2.56.